The standard InChI is InChI=1S/C19H30FN3OS/c1-5-21-17(22-12-13-25(24)18(2,3)4)23-14-19(10-11-19)15-8-6-7-9-16(15)20/h6-9H,5,10-14H2,1-4H3,(H2,21,22,23). The molecule has 0 aromatic heterocycles. The molecule has 1 aromatic rings. The van der Waals surface area contributed by atoms with E-state index in [4.69, 9.17) is 0 Å². The average Bonchev–Trinajstić information content (AvgIpc) is 3.33. The highest BCUT2D eigenvalue weighted by atomic mass is 32.2. The fourth-order valence-corrected chi connectivity index (χ4v) is 3.60. The van der Waals surface area contributed by atoms with Crippen molar-refractivity contribution in [3.8, 4) is 0 Å². The predicted molar refractivity (Wildman–Crippen MR) is 104 cm³/mol. The van der Waals surface area contributed by atoms with Crippen molar-refractivity contribution in [3.63, 3.8) is 0 Å². The number of guanidine groups is 1. The Morgan fingerprint density at radius 1 is 1.28 bits per heavy atom. The lowest BCUT2D eigenvalue weighted by atomic mass is 9.95. The van der Waals surface area contributed by atoms with Crippen LogP contribution in [0.1, 0.15) is 46.1 Å². The molecule has 0 radical (unpaired) electrons. The first kappa shape index (κ1) is 19.9. The zero-order chi connectivity index (χ0) is 18.5. The minimum absolute atomic E-state index is 0.145. The molecule has 0 aliphatic heterocycles. The molecule has 0 spiro atoms. The summed E-state index contributed by atoms with van der Waals surface area (Å²) in [7, 11) is -0.894. The lowest BCUT2D eigenvalue weighted by Crippen LogP contribution is -2.41. The van der Waals surface area contributed by atoms with Crippen molar-refractivity contribution in [1.82, 2.24) is 10.6 Å². The number of hydrogen-bond donors (Lipinski definition) is 2. The minimum atomic E-state index is -0.894. The van der Waals surface area contributed by atoms with Crippen molar-refractivity contribution in [3.05, 3.63) is 35.6 Å². The van der Waals surface area contributed by atoms with E-state index in [1.165, 1.54) is 6.07 Å². The van der Waals surface area contributed by atoms with Crippen LogP contribution in [0.25, 0.3) is 0 Å². The summed E-state index contributed by atoms with van der Waals surface area (Å²) < 4.78 is 26.0. The van der Waals surface area contributed by atoms with Crippen LogP contribution in [0.15, 0.2) is 29.3 Å². The Hall–Kier alpha value is -1.43. The minimum Gasteiger partial charge on any atom is -0.357 e. The SMILES string of the molecule is CCNC(=NCC1(c2ccccc2F)CC1)NCCS(=O)C(C)(C)C. The largest absolute Gasteiger partial charge is 0.357 e. The maximum atomic E-state index is 14.1. The topological polar surface area (TPSA) is 53.5 Å². The van der Waals surface area contributed by atoms with E-state index in [0.717, 1.165) is 24.9 Å². The summed E-state index contributed by atoms with van der Waals surface area (Å²) in [4.78, 5) is 4.65. The molecular formula is C19H30FN3OS. The van der Waals surface area contributed by atoms with Gasteiger partial charge in [0.2, 0.25) is 0 Å². The van der Waals surface area contributed by atoms with Gasteiger partial charge in [0.05, 0.1) is 6.54 Å². The molecule has 1 atom stereocenters. The van der Waals surface area contributed by atoms with Gasteiger partial charge in [-0.05, 0) is 52.2 Å². The van der Waals surface area contributed by atoms with Gasteiger partial charge in [-0.15, -0.1) is 0 Å². The molecule has 1 unspecified atom stereocenters. The molecule has 1 aliphatic carbocycles. The van der Waals surface area contributed by atoms with E-state index in [1.807, 2.05) is 39.8 Å². The molecule has 1 aromatic carbocycles. The molecule has 1 fully saturated rings. The van der Waals surface area contributed by atoms with Gasteiger partial charge in [0, 0.05) is 39.8 Å². The van der Waals surface area contributed by atoms with E-state index in [-0.39, 0.29) is 16.0 Å². The molecule has 0 bridgehead atoms. The number of nitrogens with one attached hydrogen (secondary N) is 2. The normalized spacial score (nSPS) is 17.9. The molecule has 0 amide bonds. The molecule has 6 heteroatoms. The quantitative estimate of drug-likeness (QED) is 0.575. The Morgan fingerprint density at radius 2 is 1.96 bits per heavy atom. The lowest BCUT2D eigenvalue weighted by molar-refractivity contribution is 0.572. The van der Waals surface area contributed by atoms with Crippen LogP contribution in [0.3, 0.4) is 0 Å². The van der Waals surface area contributed by atoms with Crippen molar-refractivity contribution in [2.45, 2.75) is 50.7 Å². The van der Waals surface area contributed by atoms with Gasteiger partial charge in [0.1, 0.15) is 5.82 Å². The first-order valence-electron chi connectivity index (χ1n) is 8.94. The van der Waals surface area contributed by atoms with Gasteiger partial charge in [-0.1, -0.05) is 18.2 Å². The number of benzene rings is 1. The van der Waals surface area contributed by atoms with Crippen LogP contribution < -0.4 is 10.6 Å². The van der Waals surface area contributed by atoms with Crippen LogP contribution in [0.4, 0.5) is 4.39 Å². The van der Waals surface area contributed by atoms with E-state index in [2.05, 4.69) is 15.6 Å². The van der Waals surface area contributed by atoms with Crippen molar-refractivity contribution in [2.24, 2.45) is 4.99 Å². The summed E-state index contributed by atoms with van der Waals surface area (Å²) in [5.41, 5.74) is 0.602. The van der Waals surface area contributed by atoms with E-state index >= 15 is 0 Å². The van der Waals surface area contributed by atoms with Gasteiger partial charge < -0.3 is 10.6 Å². The summed E-state index contributed by atoms with van der Waals surface area (Å²) >= 11 is 0. The van der Waals surface area contributed by atoms with E-state index in [9.17, 15) is 8.60 Å². The van der Waals surface area contributed by atoms with Gasteiger partial charge in [-0.25, -0.2) is 4.39 Å². The van der Waals surface area contributed by atoms with Crippen molar-refractivity contribution >= 4 is 16.8 Å². The third-order valence-corrected chi connectivity index (χ3v) is 6.39. The van der Waals surface area contributed by atoms with Gasteiger partial charge >= 0.3 is 0 Å². The van der Waals surface area contributed by atoms with Crippen LogP contribution >= 0.6 is 0 Å². The molecule has 0 saturated heterocycles. The van der Waals surface area contributed by atoms with Crippen molar-refractivity contribution < 1.29 is 8.60 Å². The molecule has 2 rings (SSSR count). The molecule has 140 valence electrons. The number of nitrogens with zero attached hydrogens (tertiary/aromatic N) is 1. The fourth-order valence-electron chi connectivity index (χ4n) is 2.70. The molecule has 25 heavy (non-hydrogen) atoms. The van der Waals surface area contributed by atoms with Crippen LogP contribution in [-0.4, -0.2) is 40.3 Å². The molecule has 0 heterocycles. The summed E-state index contributed by atoms with van der Waals surface area (Å²) in [5.74, 6) is 1.14. The van der Waals surface area contributed by atoms with Crippen LogP contribution in [0.2, 0.25) is 0 Å². The molecule has 4 nitrogen and oxygen atoms in total. The summed E-state index contributed by atoms with van der Waals surface area (Å²) in [6.45, 7) is 9.86. The maximum Gasteiger partial charge on any atom is 0.191 e. The molecule has 2 N–H and O–H groups in total. The Balaban J connectivity index is 1.96. The third-order valence-electron chi connectivity index (χ3n) is 4.45. The number of aliphatic imine (C=N–C) groups is 1. The second-order valence-corrected chi connectivity index (χ2v) is 9.87. The van der Waals surface area contributed by atoms with Gasteiger partial charge in [0.15, 0.2) is 5.96 Å². The molecular weight excluding hydrogens is 337 g/mol. The highest BCUT2D eigenvalue weighted by Crippen LogP contribution is 2.49. The van der Waals surface area contributed by atoms with Gasteiger partial charge in [-0.2, -0.15) is 0 Å². The number of rotatable bonds is 7. The zero-order valence-electron chi connectivity index (χ0n) is 15.7. The van der Waals surface area contributed by atoms with Crippen LogP contribution in [-0.2, 0) is 16.2 Å². The van der Waals surface area contributed by atoms with E-state index in [1.54, 1.807) is 6.07 Å². The Kier molecular flexibility index (Phi) is 6.60. The molecule has 1 saturated carbocycles. The smallest absolute Gasteiger partial charge is 0.191 e. The predicted octanol–water partition coefficient (Wildman–Crippen LogP) is 2.96. The van der Waals surface area contributed by atoms with E-state index < -0.39 is 10.8 Å². The number of halogens is 1. The summed E-state index contributed by atoms with van der Waals surface area (Å²) in [5, 5.41) is 6.45. The first-order valence-corrected chi connectivity index (χ1v) is 10.3. The lowest BCUT2D eigenvalue weighted by Gasteiger charge is -2.19. The summed E-state index contributed by atoms with van der Waals surface area (Å²) in [6, 6.07) is 6.99. The highest BCUT2D eigenvalue weighted by molar-refractivity contribution is 7.86. The van der Waals surface area contributed by atoms with Gasteiger partial charge in [-0.3, -0.25) is 9.20 Å². The first-order chi connectivity index (χ1) is 11.8. The molecule has 1 aliphatic rings. The fraction of sp³-hybridized carbons (Fsp3) is 0.632. The Bertz CT molecular complexity index is 636. The highest BCUT2D eigenvalue weighted by Gasteiger charge is 2.45. The second-order valence-electron chi connectivity index (χ2n) is 7.54. The number of hydrogen-bond acceptors (Lipinski definition) is 2. The monoisotopic (exact) mass is 367 g/mol. The summed E-state index contributed by atoms with van der Waals surface area (Å²) in [6.07, 6.45) is 1.93. The van der Waals surface area contributed by atoms with Gasteiger partial charge in [0.25, 0.3) is 0 Å². The Labute approximate surface area is 153 Å². The average molecular weight is 368 g/mol. The van der Waals surface area contributed by atoms with Crippen LogP contribution in [0.5, 0.6) is 0 Å². The van der Waals surface area contributed by atoms with E-state index in [0.29, 0.717) is 24.8 Å². The van der Waals surface area contributed by atoms with Crippen molar-refractivity contribution in [1.29, 1.82) is 0 Å². The Morgan fingerprint density at radius 3 is 2.52 bits per heavy atom. The maximum absolute atomic E-state index is 14.1. The zero-order valence-corrected chi connectivity index (χ0v) is 16.5. The van der Waals surface area contributed by atoms with Crippen LogP contribution in [0, 0.1) is 5.82 Å². The third kappa shape index (κ3) is 5.53. The second kappa shape index (κ2) is 8.30. The van der Waals surface area contributed by atoms with Crippen molar-refractivity contribution in [2.75, 3.05) is 25.4 Å².